The van der Waals surface area contributed by atoms with Crippen molar-refractivity contribution in [3.63, 3.8) is 0 Å². The van der Waals surface area contributed by atoms with E-state index >= 15 is 0 Å². The molecule has 1 aromatic carbocycles. The largest absolute Gasteiger partial charge is 0.437 e. The number of pyridine rings is 1. The Labute approximate surface area is 264 Å². The molecule has 244 valence electrons. The van der Waals surface area contributed by atoms with E-state index in [1.165, 1.54) is 18.5 Å². The van der Waals surface area contributed by atoms with Gasteiger partial charge in [0.15, 0.2) is 0 Å². The number of nitrogens with one attached hydrogen (secondary N) is 3. The summed E-state index contributed by atoms with van der Waals surface area (Å²) in [5.74, 6) is 0.917. The van der Waals surface area contributed by atoms with Crippen molar-refractivity contribution in [2.75, 3.05) is 49.9 Å². The number of ether oxygens (including phenoxy) is 1. The molecule has 0 spiro atoms. The van der Waals surface area contributed by atoms with Crippen molar-refractivity contribution in [2.24, 2.45) is 0 Å². The lowest BCUT2D eigenvalue weighted by Crippen LogP contribution is -2.45. The van der Waals surface area contributed by atoms with Crippen molar-refractivity contribution in [1.82, 2.24) is 35.0 Å². The smallest absolute Gasteiger partial charge is 0.416 e. The van der Waals surface area contributed by atoms with E-state index in [9.17, 15) is 22.8 Å². The number of hydrogen-bond acceptors (Lipinski definition) is 8. The second-order valence-corrected chi connectivity index (χ2v) is 11.6. The summed E-state index contributed by atoms with van der Waals surface area (Å²) in [5, 5.41) is 7.96. The predicted octanol–water partition coefficient (Wildman–Crippen LogP) is 5.00. The van der Waals surface area contributed by atoms with Crippen LogP contribution in [0, 0.1) is 0 Å². The third kappa shape index (κ3) is 6.84. The normalized spacial score (nSPS) is 18.7. The molecule has 0 saturated carbocycles. The average molecular weight is 640 g/mol. The summed E-state index contributed by atoms with van der Waals surface area (Å²) in [4.78, 5) is 43.9. The van der Waals surface area contributed by atoms with Crippen molar-refractivity contribution < 1.29 is 27.5 Å². The summed E-state index contributed by atoms with van der Waals surface area (Å²) >= 11 is 0. The molecule has 3 aliphatic rings. The molecule has 6 rings (SSSR count). The maximum Gasteiger partial charge on any atom is 0.416 e. The van der Waals surface area contributed by atoms with Crippen LogP contribution in [0.3, 0.4) is 0 Å². The molecular weight excluding hydrogens is 603 g/mol. The first-order chi connectivity index (χ1) is 22.1. The van der Waals surface area contributed by atoms with Crippen LogP contribution in [0.15, 0.2) is 36.8 Å². The van der Waals surface area contributed by atoms with E-state index in [0.717, 1.165) is 37.0 Å². The van der Waals surface area contributed by atoms with E-state index in [-0.39, 0.29) is 48.7 Å². The number of hydrogen-bond donors (Lipinski definition) is 3. The van der Waals surface area contributed by atoms with Crippen LogP contribution in [0.5, 0.6) is 11.6 Å². The summed E-state index contributed by atoms with van der Waals surface area (Å²) in [7, 11) is 0. The lowest BCUT2D eigenvalue weighted by Gasteiger charge is -2.34. The number of urea groups is 2. The van der Waals surface area contributed by atoms with Crippen molar-refractivity contribution >= 4 is 23.6 Å². The van der Waals surface area contributed by atoms with Gasteiger partial charge in [-0.15, -0.1) is 0 Å². The number of benzene rings is 1. The van der Waals surface area contributed by atoms with Gasteiger partial charge in [0.25, 0.3) is 0 Å². The van der Waals surface area contributed by atoms with Gasteiger partial charge in [0.05, 0.1) is 29.6 Å². The molecule has 3 aliphatic heterocycles. The van der Waals surface area contributed by atoms with E-state index in [1.807, 2.05) is 11.8 Å². The average Bonchev–Trinajstić information content (AvgIpc) is 3.04. The summed E-state index contributed by atoms with van der Waals surface area (Å²) in [6.45, 7) is 8.99. The molecule has 0 radical (unpaired) electrons. The number of nitrogens with zero attached hydrogens (tertiary/aromatic N) is 6. The van der Waals surface area contributed by atoms with Gasteiger partial charge in [0, 0.05) is 57.4 Å². The Morgan fingerprint density at radius 3 is 2.61 bits per heavy atom. The molecule has 2 aromatic heterocycles. The molecule has 1 fully saturated rings. The molecule has 3 N–H and O–H groups in total. The Bertz CT molecular complexity index is 1610. The van der Waals surface area contributed by atoms with Crippen LogP contribution in [0.2, 0.25) is 0 Å². The minimum Gasteiger partial charge on any atom is -0.437 e. The summed E-state index contributed by atoms with van der Waals surface area (Å²) in [5.41, 5.74) is 1.70. The van der Waals surface area contributed by atoms with E-state index in [0.29, 0.717) is 43.2 Å². The molecule has 1 saturated heterocycles. The number of amides is 4. The van der Waals surface area contributed by atoms with Crippen LogP contribution in [0.1, 0.15) is 54.1 Å². The lowest BCUT2D eigenvalue weighted by molar-refractivity contribution is -0.138. The lowest BCUT2D eigenvalue weighted by atomic mass is 9.92. The molecule has 1 atom stereocenters. The van der Waals surface area contributed by atoms with Crippen LogP contribution in [0.25, 0.3) is 0 Å². The first kappa shape index (κ1) is 31.5. The fourth-order valence-electron chi connectivity index (χ4n) is 6.10. The van der Waals surface area contributed by atoms with Crippen LogP contribution >= 0.6 is 0 Å². The van der Waals surface area contributed by atoms with Crippen molar-refractivity contribution in [3.8, 4) is 11.6 Å². The first-order valence-electron chi connectivity index (χ1n) is 15.4. The number of halogens is 3. The Morgan fingerprint density at radius 1 is 1.09 bits per heavy atom. The number of anilines is 2. The zero-order valence-electron chi connectivity index (χ0n) is 25.7. The number of fused-ring (bicyclic) bond motifs is 2. The molecule has 3 aromatic rings. The maximum absolute atomic E-state index is 14.2. The van der Waals surface area contributed by atoms with Crippen LogP contribution in [-0.4, -0.2) is 81.0 Å². The van der Waals surface area contributed by atoms with Crippen LogP contribution in [0.4, 0.5) is 34.3 Å². The fourth-order valence-corrected chi connectivity index (χ4v) is 6.10. The van der Waals surface area contributed by atoms with Gasteiger partial charge in [-0.2, -0.15) is 13.2 Å². The summed E-state index contributed by atoms with van der Waals surface area (Å²) in [6, 6.07) is 4.93. The molecule has 0 bridgehead atoms. The van der Waals surface area contributed by atoms with E-state index in [2.05, 4.69) is 42.7 Å². The van der Waals surface area contributed by atoms with Gasteiger partial charge in [-0.25, -0.2) is 19.6 Å². The highest BCUT2D eigenvalue weighted by Crippen LogP contribution is 2.36. The molecule has 46 heavy (non-hydrogen) atoms. The quantitative estimate of drug-likeness (QED) is 0.330. The third-order valence-electron chi connectivity index (χ3n) is 8.70. The van der Waals surface area contributed by atoms with Gasteiger partial charge in [0.1, 0.15) is 17.9 Å². The van der Waals surface area contributed by atoms with Crippen LogP contribution < -0.4 is 20.7 Å². The number of rotatable bonds is 7. The van der Waals surface area contributed by atoms with Crippen molar-refractivity contribution in [3.05, 3.63) is 64.7 Å². The highest BCUT2D eigenvalue weighted by Gasteiger charge is 2.35. The third-order valence-corrected chi connectivity index (χ3v) is 8.70. The Balaban J connectivity index is 1.17. The van der Waals surface area contributed by atoms with Crippen LogP contribution in [-0.2, 0) is 25.8 Å². The first-order valence-corrected chi connectivity index (χ1v) is 15.4. The molecule has 4 amide bonds. The fraction of sp³-hybridized carbons (Fsp3) is 0.452. The number of carbonyl (C=O) groups is 2. The van der Waals surface area contributed by atoms with Gasteiger partial charge in [-0.05, 0) is 42.3 Å². The van der Waals surface area contributed by atoms with E-state index in [1.54, 1.807) is 17.2 Å². The zero-order valence-corrected chi connectivity index (χ0v) is 25.7. The summed E-state index contributed by atoms with van der Waals surface area (Å²) < 4.78 is 48.5. The second kappa shape index (κ2) is 13.1. The van der Waals surface area contributed by atoms with Gasteiger partial charge in [-0.1, -0.05) is 19.9 Å². The van der Waals surface area contributed by atoms with E-state index in [4.69, 9.17) is 4.74 Å². The number of aromatic nitrogens is 3. The number of carbonyl (C=O) groups excluding carboxylic acids is 2. The molecular formula is C31H36F3N9O3. The highest BCUT2D eigenvalue weighted by molar-refractivity contribution is 5.91. The number of alkyl halides is 3. The van der Waals surface area contributed by atoms with E-state index < -0.39 is 17.8 Å². The predicted molar refractivity (Wildman–Crippen MR) is 163 cm³/mol. The topological polar surface area (TPSA) is 128 Å². The zero-order chi connectivity index (χ0) is 32.4. The molecule has 12 nitrogen and oxygen atoms in total. The molecule has 1 unspecified atom stereocenters. The minimum absolute atomic E-state index is 0.0731. The Morgan fingerprint density at radius 2 is 1.87 bits per heavy atom. The molecule has 5 heterocycles. The maximum atomic E-state index is 14.2. The number of likely N-dealkylation sites (N-methyl/N-ethyl adjacent to an activating group) is 1. The van der Waals surface area contributed by atoms with Crippen molar-refractivity contribution in [1.29, 1.82) is 0 Å². The number of piperazine rings is 1. The summed E-state index contributed by atoms with van der Waals surface area (Å²) in [6.07, 6.45) is -0.987. The van der Waals surface area contributed by atoms with Gasteiger partial charge >= 0.3 is 18.2 Å². The monoisotopic (exact) mass is 639 g/mol. The van der Waals surface area contributed by atoms with Gasteiger partial charge in [0.2, 0.25) is 5.88 Å². The van der Waals surface area contributed by atoms with Crippen molar-refractivity contribution in [2.45, 2.75) is 52.0 Å². The minimum atomic E-state index is -4.56. The Hall–Kier alpha value is -4.50. The standard InChI is InChI=1S/C31H36F3N9O3/c1-3-19-16-43(17-21-11-23(13-35-26(19)21)46-28-24-14-36-29(44)40-27(24)37-18-38-28)30(45)39-22-6-5-20(25(12-22)31(32,33)34)15-42-9-7-41(4-2)8-10-42/h5-6,11-13,18-19H,3-4,7-10,14-17H2,1-2H3,(H,39,45)(H2,36,37,38,40,44). The van der Waals surface area contributed by atoms with Gasteiger partial charge in [-0.3, -0.25) is 15.2 Å². The van der Waals surface area contributed by atoms with Gasteiger partial charge < -0.3 is 25.2 Å². The molecule has 0 aliphatic carbocycles. The highest BCUT2D eigenvalue weighted by atomic mass is 19.4. The molecule has 15 heteroatoms. The SMILES string of the molecule is CCC1CN(C(=O)Nc2ccc(CN3CCN(CC)CC3)c(C(F)(F)F)c2)Cc2cc(Oc3ncnc4c3CNC(=O)N4)cnc21. The Kier molecular flexibility index (Phi) is 8.95. The second-order valence-electron chi connectivity index (χ2n) is 11.6.